The van der Waals surface area contributed by atoms with Gasteiger partial charge in [0, 0.05) is 11.1 Å². The summed E-state index contributed by atoms with van der Waals surface area (Å²) in [6.07, 6.45) is 28.7. The standard InChI is InChI=1S/C45H72O6/c1-4-7-10-13-16-19-22-25-32-49-43-35-39(42(48)37-41(47)38-28-30-40(46)31-29-38)36-44(50-33-26-23-20-17-14-11-8-5-2)45(43)51-34-27-24-21-18-15-12-9-6-3/h28-31,35-36,46H,4-27,32-34,37H2,1-3H3. The van der Waals surface area contributed by atoms with E-state index in [0.717, 1.165) is 38.5 Å². The van der Waals surface area contributed by atoms with Crippen LogP contribution in [0.1, 0.15) is 202 Å². The molecule has 0 aromatic heterocycles. The Labute approximate surface area is 311 Å². The lowest BCUT2D eigenvalue weighted by Crippen LogP contribution is -2.11. The Morgan fingerprint density at radius 1 is 0.451 bits per heavy atom. The summed E-state index contributed by atoms with van der Waals surface area (Å²) in [4.78, 5) is 26.6. The number of carbonyl (C=O) groups excluding carboxylic acids is 2. The SMILES string of the molecule is CCCCCCCCCCOc1cc(C(=O)CC(=O)c2ccc(O)cc2)cc(OCCCCCCCCCC)c1OCCCCCCCCCC. The van der Waals surface area contributed by atoms with Crippen molar-refractivity contribution in [2.24, 2.45) is 0 Å². The maximum absolute atomic E-state index is 13.6. The molecule has 0 bridgehead atoms. The number of hydrogen-bond donors (Lipinski definition) is 1. The summed E-state index contributed by atoms with van der Waals surface area (Å²) < 4.78 is 19.2. The molecule has 0 fully saturated rings. The average Bonchev–Trinajstić information content (AvgIpc) is 3.13. The van der Waals surface area contributed by atoms with Gasteiger partial charge in [0.15, 0.2) is 23.1 Å². The first-order valence-corrected chi connectivity index (χ1v) is 20.9. The molecule has 0 aliphatic heterocycles. The van der Waals surface area contributed by atoms with Crippen molar-refractivity contribution in [2.75, 3.05) is 19.8 Å². The summed E-state index contributed by atoms with van der Waals surface area (Å²) in [6.45, 7) is 8.36. The van der Waals surface area contributed by atoms with Gasteiger partial charge in [-0.25, -0.2) is 0 Å². The van der Waals surface area contributed by atoms with Gasteiger partial charge in [-0.1, -0.05) is 156 Å². The van der Waals surface area contributed by atoms with E-state index in [-0.39, 0.29) is 23.7 Å². The second-order valence-electron chi connectivity index (χ2n) is 14.3. The molecule has 0 saturated heterocycles. The monoisotopic (exact) mass is 709 g/mol. The van der Waals surface area contributed by atoms with Crippen molar-refractivity contribution in [2.45, 2.75) is 181 Å². The predicted molar refractivity (Wildman–Crippen MR) is 212 cm³/mol. The summed E-state index contributed by atoms with van der Waals surface area (Å²) in [5.41, 5.74) is 0.780. The minimum Gasteiger partial charge on any atom is -0.508 e. The smallest absolute Gasteiger partial charge is 0.203 e. The zero-order valence-electron chi connectivity index (χ0n) is 32.8. The number of benzene rings is 2. The highest BCUT2D eigenvalue weighted by Crippen LogP contribution is 2.40. The summed E-state index contributed by atoms with van der Waals surface area (Å²) in [5.74, 6) is 1.10. The van der Waals surface area contributed by atoms with Gasteiger partial charge in [-0.15, -0.1) is 0 Å². The number of aromatic hydroxyl groups is 1. The number of hydrogen-bond acceptors (Lipinski definition) is 6. The number of carbonyl (C=O) groups is 2. The van der Waals surface area contributed by atoms with E-state index in [2.05, 4.69) is 20.8 Å². The van der Waals surface area contributed by atoms with Gasteiger partial charge in [0.1, 0.15) is 5.75 Å². The molecular formula is C45H72O6. The quantitative estimate of drug-likeness (QED) is 0.0443. The van der Waals surface area contributed by atoms with Gasteiger partial charge in [0.25, 0.3) is 0 Å². The minimum atomic E-state index is -0.295. The molecule has 51 heavy (non-hydrogen) atoms. The molecular weight excluding hydrogens is 636 g/mol. The predicted octanol–water partition coefficient (Wildman–Crippen LogP) is 13.4. The Bertz CT molecular complexity index is 1130. The fourth-order valence-corrected chi connectivity index (χ4v) is 6.34. The second-order valence-corrected chi connectivity index (χ2v) is 14.3. The third kappa shape index (κ3) is 20.6. The fraction of sp³-hybridized carbons (Fsp3) is 0.689. The molecule has 2 rings (SSSR count). The van der Waals surface area contributed by atoms with E-state index in [1.54, 1.807) is 24.3 Å². The normalized spacial score (nSPS) is 11.1. The Morgan fingerprint density at radius 2 is 0.784 bits per heavy atom. The summed E-state index contributed by atoms with van der Waals surface area (Å²) in [7, 11) is 0. The molecule has 0 heterocycles. The van der Waals surface area contributed by atoms with Gasteiger partial charge in [0.2, 0.25) is 5.75 Å². The van der Waals surface area contributed by atoms with Gasteiger partial charge < -0.3 is 19.3 Å². The molecule has 0 amide bonds. The molecule has 6 heteroatoms. The molecule has 0 atom stereocenters. The van der Waals surface area contributed by atoms with Crippen LogP contribution in [0.25, 0.3) is 0 Å². The van der Waals surface area contributed by atoms with E-state index < -0.39 is 0 Å². The van der Waals surface area contributed by atoms with Crippen LogP contribution in [0.4, 0.5) is 0 Å². The van der Waals surface area contributed by atoms with Gasteiger partial charge >= 0.3 is 0 Å². The van der Waals surface area contributed by atoms with E-state index in [1.807, 2.05) is 0 Å². The van der Waals surface area contributed by atoms with Crippen LogP contribution in [0.15, 0.2) is 36.4 Å². The van der Waals surface area contributed by atoms with Crippen LogP contribution in [0.3, 0.4) is 0 Å². The molecule has 0 spiro atoms. The molecule has 0 unspecified atom stereocenters. The average molecular weight is 709 g/mol. The summed E-state index contributed by atoms with van der Waals surface area (Å²) in [5, 5.41) is 9.64. The largest absolute Gasteiger partial charge is 0.508 e. The Kier molecular flexibility index (Phi) is 25.6. The third-order valence-corrected chi connectivity index (χ3v) is 9.61. The van der Waals surface area contributed by atoms with Crippen LogP contribution in [0.2, 0.25) is 0 Å². The van der Waals surface area contributed by atoms with Crippen molar-refractivity contribution in [3.8, 4) is 23.0 Å². The van der Waals surface area contributed by atoms with Crippen LogP contribution in [-0.4, -0.2) is 36.5 Å². The van der Waals surface area contributed by atoms with E-state index in [0.29, 0.717) is 48.2 Å². The van der Waals surface area contributed by atoms with Crippen molar-refractivity contribution in [3.63, 3.8) is 0 Å². The first-order chi connectivity index (χ1) is 25.0. The van der Waals surface area contributed by atoms with Crippen molar-refractivity contribution in [1.82, 2.24) is 0 Å². The lowest BCUT2D eigenvalue weighted by molar-refractivity contribution is 0.0893. The number of ether oxygens (including phenoxy) is 3. The Morgan fingerprint density at radius 3 is 1.18 bits per heavy atom. The molecule has 6 nitrogen and oxygen atoms in total. The van der Waals surface area contributed by atoms with Crippen molar-refractivity contribution >= 4 is 11.6 Å². The van der Waals surface area contributed by atoms with E-state index in [9.17, 15) is 14.7 Å². The molecule has 2 aromatic rings. The van der Waals surface area contributed by atoms with Crippen molar-refractivity contribution in [3.05, 3.63) is 47.5 Å². The highest BCUT2D eigenvalue weighted by molar-refractivity contribution is 6.13. The first kappa shape index (κ1) is 44.1. The number of ketones is 2. The Balaban J connectivity index is 2.15. The molecule has 0 aliphatic carbocycles. The van der Waals surface area contributed by atoms with Crippen LogP contribution in [0.5, 0.6) is 23.0 Å². The number of unbranched alkanes of at least 4 members (excludes halogenated alkanes) is 21. The summed E-state index contributed by atoms with van der Waals surface area (Å²) in [6, 6.07) is 9.50. The third-order valence-electron chi connectivity index (χ3n) is 9.61. The van der Waals surface area contributed by atoms with Crippen LogP contribution >= 0.6 is 0 Å². The number of phenols is 1. The van der Waals surface area contributed by atoms with Gasteiger partial charge in [-0.3, -0.25) is 9.59 Å². The highest BCUT2D eigenvalue weighted by atomic mass is 16.5. The van der Waals surface area contributed by atoms with E-state index >= 15 is 0 Å². The van der Waals surface area contributed by atoms with E-state index in [1.165, 1.54) is 128 Å². The molecule has 2 aromatic carbocycles. The van der Waals surface area contributed by atoms with Gasteiger partial charge in [-0.05, 0) is 55.7 Å². The van der Waals surface area contributed by atoms with Crippen LogP contribution in [-0.2, 0) is 0 Å². The fourth-order valence-electron chi connectivity index (χ4n) is 6.34. The molecule has 288 valence electrons. The van der Waals surface area contributed by atoms with Gasteiger partial charge in [0.05, 0.1) is 26.2 Å². The first-order valence-electron chi connectivity index (χ1n) is 20.9. The topological polar surface area (TPSA) is 82.1 Å². The lowest BCUT2D eigenvalue weighted by Gasteiger charge is -2.19. The zero-order valence-corrected chi connectivity index (χ0v) is 32.8. The number of rotatable bonds is 34. The zero-order chi connectivity index (χ0) is 36.8. The van der Waals surface area contributed by atoms with E-state index in [4.69, 9.17) is 14.2 Å². The Hall–Kier alpha value is -3.02. The minimum absolute atomic E-state index is 0.0806. The second kappa shape index (κ2) is 29.5. The highest BCUT2D eigenvalue weighted by Gasteiger charge is 2.21. The molecule has 0 radical (unpaired) electrons. The number of Topliss-reactive ketones (excluding diaryl/α,β-unsaturated/α-hetero) is 2. The van der Waals surface area contributed by atoms with Crippen LogP contribution in [0, 0.1) is 0 Å². The molecule has 1 N–H and O–H groups in total. The summed E-state index contributed by atoms with van der Waals surface area (Å²) >= 11 is 0. The molecule has 0 saturated carbocycles. The molecule has 0 aliphatic rings. The van der Waals surface area contributed by atoms with Crippen molar-refractivity contribution < 1.29 is 28.9 Å². The lowest BCUT2D eigenvalue weighted by atomic mass is 10.0. The maximum Gasteiger partial charge on any atom is 0.203 e. The van der Waals surface area contributed by atoms with Gasteiger partial charge in [-0.2, -0.15) is 0 Å². The van der Waals surface area contributed by atoms with Crippen molar-refractivity contribution in [1.29, 1.82) is 0 Å². The van der Waals surface area contributed by atoms with Crippen LogP contribution < -0.4 is 14.2 Å². The maximum atomic E-state index is 13.6. The number of phenolic OH excluding ortho intramolecular Hbond substituents is 1.